The van der Waals surface area contributed by atoms with Crippen LogP contribution in [0.3, 0.4) is 0 Å². The van der Waals surface area contributed by atoms with E-state index in [0.29, 0.717) is 33.6 Å². The fourth-order valence-corrected chi connectivity index (χ4v) is 2.87. The third-order valence-electron chi connectivity index (χ3n) is 4.17. The molecule has 28 heavy (non-hydrogen) atoms. The first-order valence-electron chi connectivity index (χ1n) is 8.67. The molecule has 7 nitrogen and oxygen atoms in total. The summed E-state index contributed by atoms with van der Waals surface area (Å²) in [6, 6.07) is 12.3. The summed E-state index contributed by atoms with van der Waals surface area (Å²) in [5.41, 5.74) is 2.14. The molecule has 144 valence electrons. The fourth-order valence-electron chi connectivity index (χ4n) is 2.87. The Balaban J connectivity index is 2.22. The van der Waals surface area contributed by atoms with E-state index in [0.717, 1.165) is 0 Å². The van der Waals surface area contributed by atoms with E-state index in [1.165, 1.54) is 13.3 Å². The minimum atomic E-state index is -0.516. The highest BCUT2D eigenvalue weighted by molar-refractivity contribution is 6.08. The van der Waals surface area contributed by atoms with Gasteiger partial charge in [0, 0.05) is 11.6 Å². The first-order valence-corrected chi connectivity index (χ1v) is 8.67. The predicted octanol–water partition coefficient (Wildman–Crippen LogP) is 3.95. The van der Waals surface area contributed by atoms with Crippen LogP contribution in [-0.2, 0) is 9.47 Å². The van der Waals surface area contributed by atoms with Gasteiger partial charge in [0.2, 0.25) is 0 Å². The SMILES string of the molecule is CCOC(=O)c1cnc2c(OC)cccc2c1Nc1ccccc1C(=O)OC. The van der Waals surface area contributed by atoms with Crippen molar-refractivity contribution >= 4 is 34.2 Å². The summed E-state index contributed by atoms with van der Waals surface area (Å²) >= 11 is 0. The number of hydrogen-bond acceptors (Lipinski definition) is 7. The van der Waals surface area contributed by atoms with Crippen molar-refractivity contribution < 1.29 is 23.8 Å². The minimum absolute atomic E-state index is 0.229. The van der Waals surface area contributed by atoms with Crippen LogP contribution < -0.4 is 10.1 Å². The van der Waals surface area contributed by atoms with Crippen molar-refractivity contribution in [2.45, 2.75) is 6.92 Å². The maximum Gasteiger partial charge on any atom is 0.341 e. The monoisotopic (exact) mass is 380 g/mol. The van der Waals surface area contributed by atoms with Crippen LogP contribution in [0.15, 0.2) is 48.7 Å². The Kier molecular flexibility index (Phi) is 5.74. The molecule has 0 amide bonds. The zero-order valence-electron chi connectivity index (χ0n) is 15.8. The molecule has 3 aromatic rings. The number of anilines is 2. The van der Waals surface area contributed by atoms with Gasteiger partial charge in [0.25, 0.3) is 0 Å². The van der Waals surface area contributed by atoms with Crippen molar-refractivity contribution in [3.63, 3.8) is 0 Å². The van der Waals surface area contributed by atoms with Crippen LogP contribution in [0.4, 0.5) is 11.4 Å². The van der Waals surface area contributed by atoms with Gasteiger partial charge in [0.1, 0.15) is 16.8 Å². The summed E-state index contributed by atoms with van der Waals surface area (Å²) in [5, 5.41) is 3.85. The van der Waals surface area contributed by atoms with Gasteiger partial charge in [-0.1, -0.05) is 24.3 Å². The van der Waals surface area contributed by atoms with Gasteiger partial charge in [-0.2, -0.15) is 0 Å². The van der Waals surface area contributed by atoms with E-state index < -0.39 is 11.9 Å². The second-order valence-electron chi connectivity index (χ2n) is 5.79. The summed E-state index contributed by atoms with van der Waals surface area (Å²) in [5.74, 6) is -0.438. The Labute approximate surface area is 162 Å². The van der Waals surface area contributed by atoms with Gasteiger partial charge in [-0.05, 0) is 25.1 Å². The third kappa shape index (κ3) is 3.59. The highest BCUT2D eigenvalue weighted by atomic mass is 16.5. The Morgan fingerprint density at radius 3 is 2.50 bits per heavy atom. The van der Waals surface area contributed by atoms with E-state index in [1.807, 2.05) is 6.07 Å². The van der Waals surface area contributed by atoms with Gasteiger partial charge in [0.15, 0.2) is 0 Å². The number of pyridine rings is 1. The first kappa shape index (κ1) is 19.2. The van der Waals surface area contributed by atoms with E-state index in [1.54, 1.807) is 50.4 Å². The summed E-state index contributed by atoms with van der Waals surface area (Å²) in [7, 11) is 2.87. The highest BCUT2D eigenvalue weighted by Gasteiger charge is 2.20. The maximum atomic E-state index is 12.5. The van der Waals surface area contributed by atoms with Crippen molar-refractivity contribution in [2.24, 2.45) is 0 Å². The Bertz CT molecular complexity index is 1030. The molecule has 0 fully saturated rings. The lowest BCUT2D eigenvalue weighted by Crippen LogP contribution is -2.11. The van der Waals surface area contributed by atoms with Crippen molar-refractivity contribution in [3.8, 4) is 5.75 Å². The van der Waals surface area contributed by atoms with Gasteiger partial charge in [-0.15, -0.1) is 0 Å². The molecule has 1 aromatic heterocycles. The second-order valence-corrected chi connectivity index (χ2v) is 5.79. The van der Waals surface area contributed by atoms with E-state index in [9.17, 15) is 9.59 Å². The van der Waals surface area contributed by atoms with E-state index in [2.05, 4.69) is 10.3 Å². The van der Waals surface area contributed by atoms with Crippen LogP contribution in [0.1, 0.15) is 27.6 Å². The number of carbonyl (C=O) groups is 2. The minimum Gasteiger partial charge on any atom is -0.494 e. The Morgan fingerprint density at radius 2 is 1.79 bits per heavy atom. The molecule has 0 aliphatic heterocycles. The van der Waals surface area contributed by atoms with Gasteiger partial charge in [-0.25, -0.2) is 9.59 Å². The molecule has 0 radical (unpaired) electrons. The molecule has 1 heterocycles. The number of methoxy groups -OCH3 is 2. The standard InChI is InChI=1S/C21H20N2O5/c1-4-28-21(25)15-12-22-19-14(9-7-11-17(19)26-2)18(15)23-16-10-6-5-8-13(16)20(24)27-3/h5-12H,4H2,1-3H3,(H,22,23). The van der Waals surface area contributed by atoms with Crippen LogP contribution >= 0.6 is 0 Å². The van der Waals surface area contributed by atoms with Gasteiger partial charge >= 0.3 is 11.9 Å². The highest BCUT2D eigenvalue weighted by Crippen LogP contribution is 2.34. The molecule has 0 aliphatic rings. The average molecular weight is 380 g/mol. The molecule has 1 N–H and O–H groups in total. The number of aromatic nitrogens is 1. The van der Waals surface area contributed by atoms with Crippen molar-refractivity contribution in [3.05, 3.63) is 59.8 Å². The quantitative estimate of drug-likeness (QED) is 0.648. The van der Waals surface area contributed by atoms with Crippen LogP contribution in [0.25, 0.3) is 10.9 Å². The molecule has 2 aromatic carbocycles. The summed E-state index contributed by atoms with van der Waals surface area (Å²) in [4.78, 5) is 29.0. The normalized spacial score (nSPS) is 10.4. The lowest BCUT2D eigenvalue weighted by atomic mass is 10.1. The summed E-state index contributed by atoms with van der Waals surface area (Å²) in [6.07, 6.45) is 1.44. The molecule has 0 aliphatic carbocycles. The Morgan fingerprint density at radius 1 is 1.00 bits per heavy atom. The van der Waals surface area contributed by atoms with Gasteiger partial charge in [0.05, 0.1) is 37.8 Å². The first-order chi connectivity index (χ1) is 13.6. The van der Waals surface area contributed by atoms with Crippen LogP contribution in [0.2, 0.25) is 0 Å². The lowest BCUT2D eigenvalue weighted by Gasteiger charge is -2.16. The maximum absolute atomic E-state index is 12.5. The molecule has 0 saturated heterocycles. The molecular weight excluding hydrogens is 360 g/mol. The predicted molar refractivity (Wildman–Crippen MR) is 105 cm³/mol. The second kappa shape index (κ2) is 8.39. The topological polar surface area (TPSA) is 86.8 Å². The number of hydrogen-bond donors (Lipinski definition) is 1. The fraction of sp³-hybridized carbons (Fsp3) is 0.190. The van der Waals surface area contributed by atoms with Gasteiger partial charge in [-0.3, -0.25) is 4.98 Å². The number of carbonyl (C=O) groups excluding carboxylic acids is 2. The van der Waals surface area contributed by atoms with E-state index in [4.69, 9.17) is 14.2 Å². The molecule has 0 unspecified atom stereocenters. The van der Waals surface area contributed by atoms with Crippen molar-refractivity contribution in [1.29, 1.82) is 0 Å². The summed E-state index contributed by atoms with van der Waals surface area (Å²) < 4.78 is 15.4. The van der Waals surface area contributed by atoms with Gasteiger partial charge < -0.3 is 19.5 Å². The largest absolute Gasteiger partial charge is 0.494 e. The number of fused-ring (bicyclic) bond motifs is 1. The molecular formula is C21H20N2O5. The van der Waals surface area contributed by atoms with Crippen molar-refractivity contribution in [2.75, 3.05) is 26.1 Å². The number of benzene rings is 2. The van der Waals surface area contributed by atoms with Crippen LogP contribution in [-0.4, -0.2) is 37.7 Å². The molecule has 0 saturated carbocycles. The number of para-hydroxylation sites is 2. The number of nitrogens with zero attached hydrogens (tertiary/aromatic N) is 1. The molecule has 0 bridgehead atoms. The lowest BCUT2D eigenvalue weighted by molar-refractivity contribution is 0.0526. The van der Waals surface area contributed by atoms with Crippen LogP contribution in [0, 0.1) is 0 Å². The molecule has 3 rings (SSSR count). The number of esters is 2. The Hall–Kier alpha value is -3.61. The summed E-state index contributed by atoms with van der Waals surface area (Å²) in [6.45, 7) is 1.96. The molecule has 0 spiro atoms. The third-order valence-corrected chi connectivity index (χ3v) is 4.17. The van der Waals surface area contributed by atoms with Crippen molar-refractivity contribution in [1.82, 2.24) is 4.98 Å². The number of nitrogens with one attached hydrogen (secondary N) is 1. The van der Waals surface area contributed by atoms with E-state index in [-0.39, 0.29) is 12.2 Å². The number of ether oxygens (including phenoxy) is 3. The zero-order chi connectivity index (χ0) is 20.1. The van der Waals surface area contributed by atoms with Crippen LogP contribution in [0.5, 0.6) is 5.75 Å². The number of rotatable bonds is 6. The average Bonchev–Trinajstić information content (AvgIpc) is 2.73. The molecule has 7 heteroatoms. The zero-order valence-corrected chi connectivity index (χ0v) is 15.8. The molecule has 0 atom stereocenters. The smallest absolute Gasteiger partial charge is 0.341 e. The van der Waals surface area contributed by atoms with E-state index >= 15 is 0 Å².